The molecule has 2 amide bonds. The Balaban J connectivity index is 2.05. The summed E-state index contributed by atoms with van der Waals surface area (Å²) >= 11 is 0. The summed E-state index contributed by atoms with van der Waals surface area (Å²) in [6.45, 7) is 0. The summed E-state index contributed by atoms with van der Waals surface area (Å²) in [5, 5.41) is 13.6. The fourth-order valence-corrected chi connectivity index (χ4v) is 2.34. The zero-order valence-electron chi connectivity index (χ0n) is 12.5. The first kappa shape index (κ1) is 16.8. The standard InChI is InChI=1S/C14H16F2N2O5/c1-22-11-8(15)5-9(12(23-2)10(11)16)18-14(21)17-7-3-6(4-7)13(19)20/h5-7H,3-4H2,1-2H3,(H,19,20)(H2,17,18,21). The quantitative estimate of drug-likeness (QED) is 0.767. The van der Waals surface area contributed by atoms with E-state index in [4.69, 9.17) is 9.84 Å². The maximum atomic E-state index is 14.0. The van der Waals surface area contributed by atoms with E-state index in [0.29, 0.717) is 12.8 Å². The number of amides is 2. The van der Waals surface area contributed by atoms with Crippen molar-refractivity contribution < 1.29 is 33.0 Å². The first-order chi connectivity index (χ1) is 10.9. The van der Waals surface area contributed by atoms with Crippen LogP contribution in [0.2, 0.25) is 0 Å². The van der Waals surface area contributed by atoms with E-state index in [2.05, 4.69) is 15.4 Å². The third kappa shape index (κ3) is 3.43. The summed E-state index contributed by atoms with van der Waals surface area (Å²) in [5.41, 5.74) is -0.199. The van der Waals surface area contributed by atoms with Gasteiger partial charge in [0.1, 0.15) is 0 Å². The molecule has 0 saturated heterocycles. The lowest BCUT2D eigenvalue weighted by molar-refractivity contribution is -0.145. The van der Waals surface area contributed by atoms with Crippen molar-refractivity contribution >= 4 is 17.7 Å². The zero-order chi connectivity index (χ0) is 17.1. The normalized spacial score (nSPS) is 19.5. The fraction of sp³-hybridized carbons (Fsp3) is 0.429. The first-order valence-corrected chi connectivity index (χ1v) is 6.77. The summed E-state index contributed by atoms with van der Waals surface area (Å²) in [6.07, 6.45) is 0.621. The molecular weight excluding hydrogens is 314 g/mol. The molecule has 1 aliphatic carbocycles. The number of methoxy groups -OCH3 is 2. The molecule has 1 saturated carbocycles. The van der Waals surface area contributed by atoms with Gasteiger partial charge in [0.25, 0.3) is 0 Å². The maximum absolute atomic E-state index is 14.0. The van der Waals surface area contributed by atoms with Crippen LogP contribution >= 0.6 is 0 Å². The Morgan fingerprint density at radius 2 is 1.83 bits per heavy atom. The van der Waals surface area contributed by atoms with Gasteiger partial charge in [-0.05, 0) is 12.8 Å². The molecule has 0 spiro atoms. The summed E-state index contributed by atoms with van der Waals surface area (Å²) in [6, 6.07) is -0.127. The Hall–Kier alpha value is -2.58. The van der Waals surface area contributed by atoms with Crippen molar-refractivity contribution in [1.82, 2.24) is 5.32 Å². The van der Waals surface area contributed by atoms with Crippen LogP contribution in [0.4, 0.5) is 19.3 Å². The minimum Gasteiger partial charge on any atom is -0.491 e. The molecule has 0 bridgehead atoms. The topological polar surface area (TPSA) is 96.9 Å². The van der Waals surface area contributed by atoms with E-state index in [0.717, 1.165) is 13.2 Å². The van der Waals surface area contributed by atoms with E-state index < -0.39 is 35.3 Å². The van der Waals surface area contributed by atoms with Crippen molar-refractivity contribution in [1.29, 1.82) is 0 Å². The van der Waals surface area contributed by atoms with Crippen LogP contribution in [0.1, 0.15) is 12.8 Å². The lowest BCUT2D eigenvalue weighted by Crippen LogP contribution is -2.48. The van der Waals surface area contributed by atoms with Crippen LogP contribution < -0.4 is 20.1 Å². The largest absolute Gasteiger partial charge is 0.491 e. The molecule has 1 aromatic rings. The van der Waals surface area contributed by atoms with Gasteiger partial charge in [-0.25, -0.2) is 9.18 Å². The second-order valence-corrected chi connectivity index (χ2v) is 5.09. The number of benzene rings is 1. The molecule has 3 N–H and O–H groups in total. The van der Waals surface area contributed by atoms with Gasteiger partial charge in [-0.1, -0.05) is 0 Å². The second kappa shape index (κ2) is 6.67. The van der Waals surface area contributed by atoms with Gasteiger partial charge in [-0.2, -0.15) is 4.39 Å². The summed E-state index contributed by atoms with van der Waals surface area (Å²) in [5.74, 6) is -4.43. The van der Waals surface area contributed by atoms with Crippen molar-refractivity contribution in [3.8, 4) is 11.5 Å². The number of urea groups is 1. The molecule has 1 aromatic carbocycles. The van der Waals surface area contributed by atoms with Gasteiger partial charge in [0, 0.05) is 12.1 Å². The third-order valence-corrected chi connectivity index (χ3v) is 3.61. The Morgan fingerprint density at radius 3 is 2.35 bits per heavy atom. The number of ether oxygens (including phenoxy) is 2. The van der Waals surface area contributed by atoms with Crippen LogP contribution in [-0.2, 0) is 4.79 Å². The molecule has 0 unspecified atom stereocenters. The molecule has 1 fully saturated rings. The number of carboxylic acids is 1. The van der Waals surface area contributed by atoms with Gasteiger partial charge in [0.15, 0.2) is 17.3 Å². The number of aliphatic carboxylic acids is 1. The van der Waals surface area contributed by atoms with Crippen LogP contribution in [0.15, 0.2) is 6.07 Å². The number of halogens is 2. The average Bonchev–Trinajstić information content (AvgIpc) is 2.42. The number of rotatable bonds is 5. The van der Waals surface area contributed by atoms with Crippen molar-refractivity contribution in [2.75, 3.05) is 19.5 Å². The Labute approximate surface area is 130 Å². The number of anilines is 1. The number of hydrogen-bond donors (Lipinski definition) is 3. The Bertz CT molecular complexity index is 632. The highest BCUT2D eigenvalue weighted by molar-refractivity contribution is 5.91. The highest BCUT2D eigenvalue weighted by Crippen LogP contribution is 2.36. The Morgan fingerprint density at radius 1 is 1.22 bits per heavy atom. The lowest BCUT2D eigenvalue weighted by Gasteiger charge is -2.32. The van der Waals surface area contributed by atoms with Crippen LogP contribution in [0, 0.1) is 17.6 Å². The van der Waals surface area contributed by atoms with Gasteiger partial charge in [-0.15, -0.1) is 0 Å². The molecule has 0 heterocycles. The molecule has 1 aliphatic rings. The zero-order valence-corrected chi connectivity index (χ0v) is 12.5. The SMILES string of the molecule is COc1c(F)cc(NC(=O)NC2CC(C(=O)O)C2)c(OC)c1F. The van der Waals surface area contributed by atoms with E-state index in [9.17, 15) is 18.4 Å². The highest BCUT2D eigenvalue weighted by atomic mass is 19.1. The van der Waals surface area contributed by atoms with E-state index in [1.165, 1.54) is 7.11 Å². The fourth-order valence-electron chi connectivity index (χ4n) is 2.34. The summed E-state index contributed by atoms with van der Waals surface area (Å²) < 4.78 is 37.1. The summed E-state index contributed by atoms with van der Waals surface area (Å²) in [7, 11) is 2.28. The minimum atomic E-state index is -1.07. The van der Waals surface area contributed by atoms with E-state index in [1.54, 1.807) is 0 Å². The molecule has 126 valence electrons. The third-order valence-electron chi connectivity index (χ3n) is 3.61. The van der Waals surface area contributed by atoms with Gasteiger partial charge in [0.2, 0.25) is 5.82 Å². The number of nitrogens with one attached hydrogen (secondary N) is 2. The van der Waals surface area contributed by atoms with E-state index in [1.807, 2.05) is 0 Å². The van der Waals surface area contributed by atoms with Crippen molar-refractivity contribution in [3.63, 3.8) is 0 Å². The Kier molecular flexibility index (Phi) is 4.87. The van der Waals surface area contributed by atoms with Gasteiger partial charge < -0.3 is 25.2 Å². The average molecular weight is 330 g/mol. The maximum Gasteiger partial charge on any atom is 0.319 e. The molecule has 0 aromatic heterocycles. The molecule has 7 nitrogen and oxygen atoms in total. The molecule has 0 radical (unpaired) electrons. The number of carboxylic acid groups (broad SMARTS) is 1. The molecular formula is C14H16F2N2O5. The smallest absolute Gasteiger partial charge is 0.319 e. The molecule has 2 rings (SSSR count). The van der Waals surface area contributed by atoms with Crippen LogP contribution in [0.3, 0.4) is 0 Å². The second-order valence-electron chi connectivity index (χ2n) is 5.09. The first-order valence-electron chi connectivity index (χ1n) is 6.77. The molecule has 23 heavy (non-hydrogen) atoms. The van der Waals surface area contributed by atoms with Gasteiger partial charge in [0.05, 0.1) is 25.8 Å². The molecule has 9 heteroatoms. The summed E-state index contributed by atoms with van der Waals surface area (Å²) in [4.78, 5) is 22.5. The van der Waals surface area contributed by atoms with Crippen LogP contribution in [-0.4, -0.2) is 37.4 Å². The van der Waals surface area contributed by atoms with Crippen molar-refractivity contribution in [3.05, 3.63) is 17.7 Å². The van der Waals surface area contributed by atoms with E-state index in [-0.39, 0.29) is 17.5 Å². The predicted molar refractivity (Wildman–Crippen MR) is 75.8 cm³/mol. The van der Waals surface area contributed by atoms with Crippen molar-refractivity contribution in [2.24, 2.45) is 5.92 Å². The molecule has 0 atom stereocenters. The number of hydrogen-bond acceptors (Lipinski definition) is 4. The lowest BCUT2D eigenvalue weighted by atomic mass is 9.80. The van der Waals surface area contributed by atoms with E-state index >= 15 is 0 Å². The van der Waals surface area contributed by atoms with Gasteiger partial charge >= 0.3 is 12.0 Å². The van der Waals surface area contributed by atoms with Crippen LogP contribution in [0.25, 0.3) is 0 Å². The van der Waals surface area contributed by atoms with Crippen LogP contribution in [0.5, 0.6) is 11.5 Å². The minimum absolute atomic E-state index is 0.199. The number of carbonyl (C=O) groups excluding carboxylic acids is 1. The number of carbonyl (C=O) groups is 2. The monoisotopic (exact) mass is 330 g/mol. The predicted octanol–water partition coefficient (Wildman–Crippen LogP) is 1.97. The molecule has 0 aliphatic heterocycles. The van der Waals surface area contributed by atoms with Gasteiger partial charge in [-0.3, -0.25) is 4.79 Å². The highest BCUT2D eigenvalue weighted by Gasteiger charge is 2.35. The van der Waals surface area contributed by atoms with Crippen molar-refractivity contribution in [2.45, 2.75) is 18.9 Å².